The Labute approximate surface area is 164 Å². The first kappa shape index (κ1) is 19.0. The van der Waals surface area contributed by atoms with E-state index in [2.05, 4.69) is 0 Å². The van der Waals surface area contributed by atoms with Crippen molar-refractivity contribution in [3.05, 3.63) is 64.9 Å². The second kappa shape index (κ2) is 7.59. The third-order valence-corrected chi connectivity index (χ3v) is 5.76. The number of rotatable bonds is 4. The first-order chi connectivity index (χ1) is 13.5. The van der Waals surface area contributed by atoms with Gasteiger partial charge in [0.1, 0.15) is 17.1 Å². The number of furan rings is 1. The van der Waals surface area contributed by atoms with Crippen LogP contribution < -0.4 is 0 Å². The molecule has 1 aromatic heterocycles. The molecule has 0 spiro atoms. The quantitative estimate of drug-likeness (QED) is 0.638. The molecule has 148 valence electrons. The molecule has 0 amide bonds. The molecule has 3 aromatic rings. The minimum atomic E-state index is -0.588. The van der Waals surface area contributed by atoms with Crippen molar-refractivity contribution in [1.82, 2.24) is 0 Å². The Morgan fingerprint density at radius 1 is 1.14 bits per heavy atom. The zero-order valence-electron chi connectivity index (χ0n) is 16.1. The maximum absolute atomic E-state index is 10.6. The predicted octanol–water partition coefficient (Wildman–Crippen LogP) is 3.86. The van der Waals surface area contributed by atoms with Crippen LogP contribution in [0.1, 0.15) is 41.9 Å². The van der Waals surface area contributed by atoms with Crippen LogP contribution >= 0.6 is 0 Å². The summed E-state index contributed by atoms with van der Waals surface area (Å²) in [4.78, 5) is 0. The molecule has 1 saturated heterocycles. The van der Waals surface area contributed by atoms with Crippen molar-refractivity contribution >= 4 is 11.0 Å². The van der Waals surface area contributed by atoms with E-state index in [0.29, 0.717) is 18.4 Å². The van der Waals surface area contributed by atoms with E-state index in [1.54, 1.807) is 6.07 Å². The summed E-state index contributed by atoms with van der Waals surface area (Å²) in [7, 11) is 0. The summed E-state index contributed by atoms with van der Waals surface area (Å²) in [6, 6.07) is 13.6. The van der Waals surface area contributed by atoms with Crippen molar-refractivity contribution in [1.29, 1.82) is 0 Å². The SMILES string of the molecule is Cc1cc(O)c(C2OC(CO)CC(O)C2C)cc1Cc1cc2ccccc2o1. The molecule has 0 radical (unpaired) electrons. The normalized spacial score (nSPS) is 25.3. The Kier molecular flexibility index (Phi) is 5.15. The lowest BCUT2D eigenvalue weighted by molar-refractivity contribution is -0.146. The number of aryl methyl sites for hydroxylation is 1. The Balaban J connectivity index is 1.67. The van der Waals surface area contributed by atoms with Crippen molar-refractivity contribution < 1.29 is 24.5 Å². The Hall–Kier alpha value is -2.34. The van der Waals surface area contributed by atoms with Crippen LogP contribution in [0.15, 0.2) is 46.9 Å². The van der Waals surface area contributed by atoms with Crippen LogP contribution in [0.25, 0.3) is 11.0 Å². The van der Waals surface area contributed by atoms with Crippen molar-refractivity contribution in [2.24, 2.45) is 5.92 Å². The first-order valence-corrected chi connectivity index (χ1v) is 9.70. The van der Waals surface area contributed by atoms with Crippen LogP contribution in [0.4, 0.5) is 0 Å². The van der Waals surface area contributed by atoms with Gasteiger partial charge in [-0.3, -0.25) is 0 Å². The zero-order chi connectivity index (χ0) is 19.8. The van der Waals surface area contributed by atoms with Crippen LogP contribution in [-0.4, -0.2) is 34.1 Å². The van der Waals surface area contributed by atoms with Gasteiger partial charge in [0, 0.05) is 29.7 Å². The smallest absolute Gasteiger partial charge is 0.134 e. The highest BCUT2D eigenvalue weighted by molar-refractivity contribution is 5.77. The number of hydrogen-bond acceptors (Lipinski definition) is 5. The summed E-state index contributed by atoms with van der Waals surface area (Å²) in [5, 5.41) is 31.5. The number of aliphatic hydroxyl groups is 2. The molecule has 2 heterocycles. The average molecular weight is 382 g/mol. The van der Waals surface area contributed by atoms with Crippen molar-refractivity contribution in [3.8, 4) is 5.75 Å². The number of para-hydroxylation sites is 1. The van der Waals surface area contributed by atoms with Crippen LogP contribution in [0, 0.1) is 12.8 Å². The van der Waals surface area contributed by atoms with E-state index in [1.165, 1.54) is 0 Å². The second-order valence-electron chi connectivity index (χ2n) is 7.79. The summed E-state index contributed by atoms with van der Waals surface area (Å²) < 4.78 is 11.9. The van der Waals surface area contributed by atoms with Crippen molar-refractivity contribution in [2.45, 2.75) is 45.0 Å². The van der Waals surface area contributed by atoms with Crippen LogP contribution in [0.5, 0.6) is 5.75 Å². The number of hydrogen-bond donors (Lipinski definition) is 3. The highest BCUT2D eigenvalue weighted by atomic mass is 16.5. The summed E-state index contributed by atoms with van der Waals surface area (Å²) in [6.45, 7) is 3.71. The number of ether oxygens (including phenoxy) is 1. The number of phenolic OH excluding ortho intramolecular Hbond substituents is 1. The van der Waals surface area contributed by atoms with Crippen molar-refractivity contribution in [3.63, 3.8) is 0 Å². The minimum absolute atomic E-state index is 0.147. The summed E-state index contributed by atoms with van der Waals surface area (Å²) >= 11 is 0. The lowest BCUT2D eigenvalue weighted by Gasteiger charge is -2.38. The van der Waals surface area contributed by atoms with E-state index in [-0.39, 0.29) is 18.3 Å². The van der Waals surface area contributed by atoms with Crippen LogP contribution in [-0.2, 0) is 11.2 Å². The lowest BCUT2D eigenvalue weighted by atomic mass is 9.85. The van der Waals surface area contributed by atoms with E-state index < -0.39 is 18.3 Å². The van der Waals surface area contributed by atoms with Crippen LogP contribution in [0.3, 0.4) is 0 Å². The molecule has 0 aliphatic carbocycles. The Morgan fingerprint density at radius 3 is 2.68 bits per heavy atom. The van der Waals surface area contributed by atoms with Gasteiger partial charge in [0.2, 0.25) is 0 Å². The largest absolute Gasteiger partial charge is 0.508 e. The maximum Gasteiger partial charge on any atom is 0.134 e. The van der Waals surface area contributed by atoms with E-state index in [1.807, 2.05) is 50.2 Å². The van der Waals surface area contributed by atoms with Gasteiger partial charge in [-0.25, -0.2) is 0 Å². The fraction of sp³-hybridized carbons (Fsp3) is 0.391. The number of aromatic hydroxyl groups is 1. The number of phenols is 1. The molecule has 1 aliphatic rings. The number of aliphatic hydroxyl groups excluding tert-OH is 2. The molecule has 0 saturated carbocycles. The molecule has 1 aliphatic heterocycles. The fourth-order valence-corrected chi connectivity index (χ4v) is 4.03. The summed E-state index contributed by atoms with van der Waals surface area (Å²) in [6.07, 6.45) is -0.505. The van der Waals surface area contributed by atoms with E-state index in [0.717, 1.165) is 27.9 Å². The summed E-state index contributed by atoms with van der Waals surface area (Å²) in [5.41, 5.74) is 3.49. The molecule has 3 N–H and O–H groups in total. The van der Waals surface area contributed by atoms with Crippen molar-refractivity contribution in [2.75, 3.05) is 6.61 Å². The molecule has 0 bridgehead atoms. The number of benzene rings is 2. The Bertz CT molecular complexity index is 943. The van der Waals surface area contributed by atoms with Gasteiger partial charge < -0.3 is 24.5 Å². The first-order valence-electron chi connectivity index (χ1n) is 9.70. The van der Waals surface area contributed by atoms with Gasteiger partial charge >= 0.3 is 0 Å². The molecule has 1 fully saturated rings. The van der Waals surface area contributed by atoms with E-state index in [9.17, 15) is 15.3 Å². The molecular weight excluding hydrogens is 356 g/mol. The fourth-order valence-electron chi connectivity index (χ4n) is 4.03. The predicted molar refractivity (Wildman–Crippen MR) is 106 cm³/mol. The molecule has 5 nitrogen and oxygen atoms in total. The van der Waals surface area contributed by atoms with Gasteiger partial charge in [-0.2, -0.15) is 0 Å². The van der Waals surface area contributed by atoms with E-state index >= 15 is 0 Å². The van der Waals surface area contributed by atoms with Gasteiger partial charge in [0.25, 0.3) is 0 Å². The molecule has 4 atom stereocenters. The monoisotopic (exact) mass is 382 g/mol. The van der Waals surface area contributed by atoms with Crippen LogP contribution in [0.2, 0.25) is 0 Å². The molecule has 28 heavy (non-hydrogen) atoms. The summed E-state index contributed by atoms with van der Waals surface area (Å²) in [5.74, 6) is 0.816. The third-order valence-electron chi connectivity index (χ3n) is 5.76. The average Bonchev–Trinajstić information content (AvgIpc) is 3.08. The van der Waals surface area contributed by atoms with E-state index in [4.69, 9.17) is 9.15 Å². The van der Waals surface area contributed by atoms with Gasteiger partial charge in [0.05, 0.1) is 24.9 Å². The second-order valence-corrected chi connectivity index (χ2v) is 7.79. The third kappa shape index (κ3) is 3.53. The minimum Gasteiger partial charge on any atom is -0.508 e. The molecular formula is C23H26O5. The highest BCUT2D eigenvalue weighted by Crippen LogP contribution is 2.41. The Morgan fingerprint density at radius 2 is 1.93 bits per heavy atom. The zero-order valence-corrected chi connectivity index (χ0v) is 16.1. The molecule has 4 rings (SSSR count). The maximum atomic E-state index is 10.6. The topological polar surface area (TPSA) is 83.1 Å². The molecule has 5 heteroatoms. The van der Waals surface area contributed by atoms with Gasteiger partial charge in [-0.1, -0.05) is 25.1 Å². The highest BCUT2D eigenvalue weighted by Gasteiger charge is 2.37. The van der Waals surface area contributed by atoms with Gasteiger partial charge in [-0.15, -0.1) is 0 Å². The standard InChI is InChI=1S/C23H26O5/c1-13-7-21(26)19(23-14(2)20(25)11-18(12-24)28-23)10-16(13)9-17-8-15-5-3-4-6-22(15)27-17/h3-8,10,14,18,20,23-26H,9,11-12H2,1-2H3. The molecule has 2 aromatic carbocycles. The molecule has 4 unspecified atom stereocenters. The van der Waals surface area contributed by atoms with Gasteiger partial charge in [-0.05, 0) is 42.3 Å². The lowest BCUT2D eigenvalue weighted by Crippen LogP contribution is -2.39. The van der Waals surface area contributed by atoms with Gasteiger partial charge in [0.15, 0.2) is 0 Å². The number of fused-ring (bicyclic) bond motifs is 1.